The fourth-order valence-corrected chi connectivity index (χ4v) is 5.38. The van der Waals surface area contributed by atoms with Crippen LogP contribution >= 0.6 is 0 Å². The molecule has 1 aromatic carbocycles. The minimum absolute atomic E-state index is 0.141. The second kappa shape index (κ2) is 12.2. The average Bonchev–Trinajstić information content (AvgIpc) is 2.64. The Morgan fingerprint density at radius 3 is 2.16 bits per heavy atom. The van der Waals surface area contributed by atoms with E-state index in [1.165, 1.54) is 25.7 Å². The topological polar surface area (TPSA) is 55.4 Å². The molecule has 0 aliphatic rings. The minimum Gasteiger partial charge on any atom is -0.492 e. The Labute approximate surface area is 192 Å². The van der Waals surface area contributed by atoms with Gasteiger partial charge in [-0.3, -0.25) is 0 Å². The fourth-order valence-electron chi connectivity index (χ4n) is 4.07. The fraction of sp³-hybridized carbons (Fsp3) is 0.731. The molecular weight excluding hydrogens is 406 g/mol. The molecular formula is C26H46NO3S. The Morgan fingerprint density at radius 2 is 1.58 bits per heavy atom. The maximum Gasteiger partial charge on any atom is 0.244 e. The summed E-state index contributed by atoms with van der Waals surface area (Å²) >= 11 is 0. The van der Waals surface area contributed by atoms with Crippen molar-refractivity contribution in [3.63, 3.8) is 0 Å². The van der Waals surface area contributed by atoms with Crippen molar-refractivity contribution < 1.29 is 13.2 Å². The van der Waals surface area contributed by atoms with Crippen LogP contribution in [0, 0.1) is 11.3 Å². The van der Waals surface area contributed by atoms with Gasteiger partial charge in [-0.05, 0) is 47.3 Å². The Balaban J connectivity index is 3.08. The summed E-state index contributed by atoms with van der Waals surface area (Å²) in [6, 6.07) is 5.68. The van der Waals surface area contributed by atoms with Crippen molar-refractivity contribution in [3.8, 4) is 5.75 Å². The zero-order valence-electron chi connectivity index (χ0n) is 21.2. The van der Waals surface area contributed by atoms with Crippen LogP contribution in [0.4, 0.5) is 0 Å². The summed E-state index contributed by atoms with van der Waals surface area (Å²) in [4.78, 5) is 0.249. The van der Waals surface area contributed by atoms with Gasteiger partial charge in [-0.2, -0.15) is 0 Å². The smallest absolute Gasteiger partial charge is 0.244 e. The van der Waals surface area contributed by atoms with E-state index in [1.54, 1.807) is 0 Å². The summed E-state index contributed by atoms with van der Waals surface area (Å²) in [7, 11) is -3.66. The summed E-state index contributed by atoms with van der Waals surface area (Å²) in [6.45, 7) is 17.9. The first-order valence-electron chi connectivity index (χ1n) is 11.8. The summed E-state index contributed by atoms with van der Waals surface area (Å²) in [5.74, 6) is 1.47. The molecule has 0 aliphatic heterocycles. The number of hydrogen-bond acceptors (Lipinski definition) is 3. The normalized spacial score (nSPS) is 13.1. The summed E-state index contributed by atoms with van der Waals surface area (Å²) in [5, 5.41) is 0. The monoisotopic (exact) mass is 452 g/mol. The SMILES string of the molecule is CCCCCCCCOc1ccc(C(C)(C)CC(C)(C)C)cc1S(=O)(=O)NC[C](C)C. The summed E-state index contributed by atoms with van der Waals surface area (Å²) < 4.78 is 35.0. The van der Waals surface area contributed by atoms with E-state index in [0.717, 1.165) is 30.7 Å². The van der Waals surface area contributed by atoms with E-state index in [4.69, 9.17) is 4.74 Å². The first-order chi connectivity index (χ1) is 14.3. The predicted octanol–water partition coefficient (Wildman–Crippen LogP) is 7.03. The van der Waals surface area contributed by atoms with Crippen LogP contribution in [0.3, 0.4) is 0 Å². The first kappa shape index (κ1) is 28.0. The number of benzene rings is 1. The lowest BCUT2D eigenvalue weighted by atomic mass is 9.72. The molecule has 0 aliphatic carbocycles. The van der Waals surface area contributed by atoms with Crippen LogP contribution in [0.25, 0.3) is 0 Å². The quantitative estimate of drug-likeness (QED) is 0.308. The lowest BCUT2D eigenvalue weighted by Gasteiger charge is -2.33. The summed E-state index contributed by atoms with van der Waals surface area (Å²) in [5.41, 5.74) is 1.02. The molecule has 0 spiro atoms. The van der Waals surface area contributed by atoms with Crippen LogP contribution in [0.2, 0.25) is 0 Å². The second-order valence-electron chi connectivity index (χ2n) is 10.9. The Kier molecular flexibility index (Phi) is 11.0. The third kappa shape index (κ3) is 10.4. The zero-order chi connectivity index (χ0) is 23.7. The van der Waals surface area contributed by atoms with E-state index in [2.05, 4.69) is 46.3 Å². The van der Waals surface area contributed by atoms with Gasteiger partial charge in [0.1, 0.15) is 10.6 Å². The number of unbranched alkanes of at least 4 members (excludes halogenated alkanes) is 5. The van der Waals surface area contributed by atoms with Gasteiger partial charge in [0, 0.05) is 6.54 Å². The number of nitrogens with one attached hydrogen (secondary N) is 1. The molecule has 4 nitrogen and oxygen atoms in total. The highest BCUT2D eigenvalue weighted by Gasteiger charge is 2.30. The highest BCUT2D eigenvalue weighted by molar-refractivity contribution is 7.89. The molecule has 31 heavy (non-hydrogen) atoms. The van der Waals surface area contributed by atoms with Gasteiger partial charge in [0.2, 0.25) is 10.0 Å². The number of rotatable bonds is 14. The Hall–Kier alpha value is -1.07. The number of sulfonamides is 1. The van der Waals surface area contributed by atoms with Crippen molar-refractivity contribution in [2.75, 3.05) is 13.2 Å². The van der Waals surface area contributed by atoms with E-state index in [-0.39, 0.29) is 15.7 Å². The molecule has 0 unspecified atom stereocenters. The van der Waals surface area contributed by atoms with Crippen LogP contribution in [-0.4, -0.2) is 21.6 Å². The molecule has 1 radical (unpaired) electrons. The predicted molar refractivity (Wildman–Crippen MR) is 132 cm³/mol. The lowest BCUT2D eigenvalue weighted by Crippen LogP contribution is -2.29. The van der Waals surface area contributed by atoms with Crippen molar-refractivity contribution in [2.24, 2.45) is 5.41 Å². The second-order valence-corrected chi connectivity index (χ2v) is 12.7. The van der Waals surface area contributed by atoms with Gasteiger partial charge in [-0.15, -0.1) is 0 Å². The van der Waals surface area contributed by atoms with Gasteiger partial charge >= 0.3 is 0 Å². The molecule has 1 N–H and O–H groups in total. The zero-order valence-corrected chi connectivity index (χ0v) is 22.0. The molecule has 0 aromatic heterocycles. The molecule has 1 aromatic rings. The maximum atomic E-state index is 13.1. The van der Waals surface area contributed by atoms with Gasteiger partial charge < -0.3 is 4.74 Å². The molecule has 0 saturated carbocycles. The molecule has 5 heteroatoms. The van der Waals surface area contributed by atoms with Crippen LogP contribution in [-0.2, 0) is 15.4 Å². The molecule has 0 bridgehead atoms. The lowest BCUT2D eigenvalue weighted by molar-refractivity contribution is 0.281. The van der Waals surface area contributed by atoms with Crippen molar-refractivity contribution in [2.45, 2.75) is 111 Å². The van der Waals surface area contributed by atoms with Crippen LogP contribution in [0.5, 0.6) is 5.75 Å². The molecule has 0 atom stereocenters. The number of hydrogen-bond donors (Lipinski definition) is 1. The minimum atomic E-state index is -3.66. The summed E-state index contributed by atoms with van der Waals surface area (Å²) in [6.07, 6.45) is 7.97. The van der Waals surface area contributed by atoms with Gasteiger partial charge in [0.25, 0.3) is 0 Å². The third-order valence-corrected chi connectivity index (χ3v) is 6.78. The van der Waals surface area contributed by atoms with E-state index in [0.29, 0.717) is 18.9 Å². The van der Waals surface area contributed by atoms with Crippen molar-refractivity contribution >= 4 is 10.0 Å². The average molecular weight is 453 g/mol. The van der Waals surface area contributed by atoms with Gasteiger partial charge in [-0.25, -0.2) is 13.1 Å². The molecule has 0 fully saturated rings. The van der Waals surface area contributed by atoms with Crippen LogP contribution in [0.1, 0.15) is 106 Å². The molecule has 0 amide bonds. The van der Waals surface area contributed by atoms with Crippen LogP contribution in [0.15, 0.2) is 23.1 Å². The molecule has 1 rings (SSSR count). The highest BCUT2D eigenvalue weighted by atomic mass is 32.2. The largest absolute Gasteiger partial charge is 0.492 e. The van der Waals surface area contributed by atoms with Crippen molar-refractivity contribution in [1.82, 2.24) is 4.72 Å². The van der Waals surface area contributed by atoms with Crippen LogP contribution < -0.4 is 9.46 Å². The van der Waals surface area contributed by atoms with E-state index >= 15 is 0 Å². The Bertz CT molecular complexity index is 761. The maximum absolute atomic E-state index is 13.1. The van der Waals surface area contributed by atoms with Gasteiger partial charge in [-0.1, -0.05) is 93.6 Å². The first-order valence-corrected chi connectivity index (χ1v) is 13.3. The van der Waals surface area contributed by atoms with E-state index in [1.807, 2.05) is 32.0 Å². The van der Waals surface area contributed by atoms with E-state index < -0.39 is 10.0 Å². The third-order valence-electron chi connectivity index (χ3n) is 5.36. The van der Waals surface area contributed by atoms with Crippen molar-refractivity contribution in [3.05, 3.63) is 29.7 Å². The number of ether oxygens (including phenoxy) is 1. The molecule has 179 valence electrons. The highest BCUT2D eigenvalue weighted by Crippen LogP contribution is 2.38. The molecule has 0 saturated heterocycles. The standard InChI is InChI=1S/C26H46NO3S/c1-9-10-11-12-13-14-17-30-23-16-15-22(26(7,8)20-25(4,5)6)18-24(23)31(28,29)27-19-21(2)3/h15-16,18,27H,9-14,17,19-20H2,1-8H3. The van der Waals surface area contributed by atoms with Crippen molar-refractivity contribution in [1.29, 1.82) is 0 Å². The van der Waals surface area contributed by atoms with E-state index in [9.17, 15) is 8.42 Å². The molecule has 0 heterocycles. The van der Waals surface area contributed by atoms with Gasteiger partial charge in [0.15, 0.2) is 0 Å². The Morgan fingerprint density at radius 1 is 0.968 bits per heavy atom. The van der Waals surface area contributed by atoms with Gasteiger partial charge in [0.05, 0.1) is 6.61 Å².